The van der Waals surface area contributed by atoms with Gasteiger partial charge in [-0.1, -0.05) is 13.8 Å². The van der Waals surface area contributed by atoms with Crippen molar-refractivity contribution in [1.29, 1.82) is 0 Å². The minimum Gasteiger partial charge on any atom is -0.354 e. The van der Waals surface area contributed by atoms with Crippen molar-refractivity contribution < 1.29 is 4.79 Å². The Kier molecular flexibility index (Phi) is 6.32. The molecule has 0 radical (unpaired) electrons. The zero-order valence-corrected chi connectivity index (χ0v) is 13.7. The molecule has 0 aliphatic heterocycles. The maximum atomic E-state index is 11.9. The predicted octanol–water partition coefficient (Wildman–Crippen LogP) is 3.32. The van der Waals surface area contributed by atoms with Crippen LogP contribution in [0.2, 0.25) is 0 Å². The molecule has 3 nitrogen and oxygen atoms in total. The van der Waals surface area contributed by atoms with Crippen molar-refractivity contribution >= 4 is 33.2 Å². The number of carbonyl (C=O) groups excluding carboxylic acids is 1. The van der Waals surface area contributed by atoms with Crippen molar-refractivity contribution in [3.63, 3.8) is 0 Å². The van der Waals surface area contributed by atoms with Crippen LogP contribution in [-0.2, 0) is 4.79 Å². The van der Waals surface area contributed by atoms with Gasteiger partial charge in [0.2, 0.25) is 5.91 Å². The predicted molar refractivity (Wildman–Crippen MR) is 80.9 cm³/mol. The molecule has 0 spiro atoms. The van der Waals surface area contributed by atoms with Crippen molar-refractivity contribution in [3.8, 4) is 0 Å². The molecule has 2 atom stereocenters. The number of thiophene rings is 1. The van der Waals surface area contributed by atoms with Crippen LogP contribution in [0.4, 0.5) is 0 Å². The summed E-state index contributed by atoms with van der Waals surface area (Å²) >= 11 is 5.20. The van der Waals surface area contributed by atoms with E-state index in [1.54, 1.807) is 11.3 Å². The van der Waals surface area contributed by atoms with Crippen LogP contribution in [0.15, 0.2) is 15.9 Å². The Morgan fingerprint density at radius 3 is 2.56 bits per heavy atom. The van der Waals surface area contributed by atoms with Crippen molar-refractivity contribution in [3.05, 3.63) is 20.8 Å². The standard InChI is InChI=1S/C13H21BrN2OS/c1-8(2)7-15-13(17)10(4)16-9(3)12-11(14)5-6-18-12/h5-6,8-10,16H,7H2,1-4H3,(H,15,17). The lowest BCUT2D eigenvalue weighted by atomic mass is 10.2. The first-order valence-corrected chi connectivity index (χ1v) is 7.85. The number of nitrogens with one attached hydrogen (secondary N) is 2. The van der Waals surface area contributed by atoms with Gasteiger partial charge in [-0.2, -0.15) is 0 Å². The first-order chi connectivity index (χ1) is 8.41. The molecule has 2 N–H and O–H groups in total. The van der Waals surface area contributed by atoms with Gasteiger partial charge in [-0.05, 0) is 47.1 Å². The van der Waals surface area contributed by atoms with Crippen molar-refractivity contribution in [2.24, 2.45) is 5.92 Å². The van der Waals surface area contributed by atoms with Gasteiger partial charge in [0.05, 0.1) is 6.04 Å². The van der Waals surface area contributed by atoms with Gasteiger partial charge in [-0.25, -0.2) is 0 Å². The number of hydrogen-bond acceptors (Lipinski definition) is 3. The fourth-order valence-electron chi connectivity index (χ4n) is 1.60. The maximum Gasteiger partial charge on any atom is 0.236 e. The second-order valence-electron chi connectivity index (χ2n) is 4.88. The molecular formula is C13H21BrN2OS. The number of carbonyl (C=O) groups is 1. The first-order valence-electron chi connectivity index (χ1n) is 6.18. The van der Waals surface area contributed by atoms with Crippen LogP contribution >= 0.6 is 27.3 Å². The number of halogens is 1. The van der Waals surface area contributed by atoms with Crippen LogP contribution < -0.4 is 10.6 Å². The molecule has 1 rings (SSSR count). The highest BCUT2D eigenvalue weighted by atomic mass is 79.9. The highest BCUT2D eigenvalue weighted by Crippen LogP contribution is 2.28. The SMILES string of the molecule is CC(C)CNC(=O)C(C)NC(C)c1sccc1Br. The zero-order chi connectivity index (χ0) is 13.7. The molecule has 1 heterocycles. The molecule has 5 heteroatoms. The fraction of sp³-hybridized carbons (Fsp3) is 0.615. The summed E-state index contributed by atoms with van der Waals surface area (Å²) < 4.78 is 1.10. The summed E-state index contributed by atoms with van der Waals surface area (Å²) in [4.78, 5) is 13.1. The normalized spacial score (nSPS) is 14.6. The van der Waals surface area contributed by atoms with Crippen LogP contribution in [0.3, 0.4) is 0 Å². The third-order valence-electron chi connectivity index (χ3n) is 2.62. The molecule has 0 aliphatic rings. The average Bonchev–Trinajstić information content (AvgIpc) is 2.72. The van der Waals surface area contributed by atoms with Crippen molar-refractivity contribution in [2.75, 3.05) is 6.54 Å². The Balaban J connectivity index is 2.47. The lowest BCUT2D eigenvalue weighted by Crippen LogP contribution is -2.44. The van der Waals surface area contributed by atoms with Crippen LogP contribution in [-0.4, -0.2) is 18.5 Å². The van der Waals surface area contributed by atoms with E-state index >= 15 is 0 Å². The minimum absolute atomic E-state index is 0.0585. The Morgan fingerprint density at radius 2 is 2.06 bits per heavy atom. The summed E-state index contributed by atoms with van der Waals surface area (Å²) in [7, 11) is 0. The van der Waals surface area contributed by atoms with Gasteiger partial charge in [0.15, 0.2) is 0 Å². The summed E-state index contributed by atoms with van der Waals surface area (Å²) in [5.41, 5.74) is 0. The summed E-state index contributed by atoms with van der Waals surface area (Å²) in [5, 5.41) is 8.30. The summed E-state index contributed by atoms with van der Waals surface area (Å²) in [5.74, 6) is 0.535. The third kappa shape index (κ3) is 4.71. The van der Waals surface area contributed by atoms with Crippen molar-refractivity contribution in [2.45, 2.75) is 39.8 Å². The molecule has 1 aromatic rings. The smallest absolute Gasteiger partial charge is 0.236 e. The Morgan fingerprint density at radius 1 is 1.39 bits per heavy atom. The topological polar surface area (TPSA) is 41.1 Å². The Bertz CT molecular complexity index is 392. The van der Waals surface area contributed by atoms with Gasteiger partial charge in [-0.3, -0.25) is 10.1 Å². The van der Waals surface area contributed by atoms with E-state index in [1.165, 1.54) is 4.88 Å². The second kappa shape index (κ2) is 7.26. The fourth-order valence-corrected chi connectivity index (χ4v) is 3.33. The quantitative estimate of drug-likeness (QED) is 0.838. The summed E-state index contributed by atoms with van der Waals surface area (Å²) in [6, 6.07) is 2.01. The average molecular weight is 333 g/mol. The molecule has 0 bridgehead atoms. The van der Waals surface area contributed by atoms with E-state index in [9.17, 15) is 4.79 Å². The first kappa shape index (κ1) is 15.7. The molecule has 18 heavy (non-hydrogen) atoms. The van der Waals surface area contributed by atoms with Crippen LogP contribution in [0.25, 0.3) is 0 Å². The van der Waals surface area contributed by atoms with Gasteiger partial charge >= 0.3 is 0 Å². The lowest BCUT2D eigenvalue weighted by Gasteiger charge is -2.19. The molecule has 1 amide bonds. The van der Waals surface area contributed by atoms with E-state index in [2.05, 4.69) is 47.3 Å². The van der Waals surface area contributed by atoms with Crippen molar-refractivity contribution in [1.82, 2.24) is 10.6 Å². The molecule has 1 aromatic heterocycles. The van der Waals surface area contributed by atoms with Crippen LogP contribution in [0.1, 0.15) is 38.6 Å². The molecule has 0 aromatic carbocycles. The highest BCUT2D eigenvalue weighted by molar-refractivity contribution is 9.10. The monoisotopic (exact) mass is 332 g/mol. The Hall–Kier alpha value is -0.390. The molecule has 0 saturated heterocycles. The van der Waals surface area contributed by atoms with Crippen LogP contribution in [0, 0.1) is 5.92 Å². The number of amides is 1. The number of rotatable bonds is 6. The number of hydrogen-bond donors (Lipinski definition) is 2. The molecular weight excluding hydrogens is 312 g/mol. The van der Waals surface area contributed by atoms with Gasteiger partial charge in [0.1, 0.15) is 0 Å². The van der Waals surface area contributed by atoms with E-state index in [4.69, 9.17) is 0 Å². The van der Waals surface area contributed by atoms with Gasteiger partial charge in [-0.15, -0.1) is 11.3 Å². The zero-order valence-electron chi connectivity index (χ0n) is 11.3. The van der Waals surface area contributed by atoms with Gasteiger partial charge < -0.3 is 5.32 Å². The summed E-state index contributed by atoms with van der Waals surface area (Å²) in [6.45, 7) is 8.87. The summed E-state index contributed by atoms with van der Waals surface area (Å²) in [6.07, 6.45) is 0. The minimum atomic E-state index is -0.187. The Labute approximate surface area is 121 Å². The van der Waals surface area contributed by atoms with Crippen LogP contribution in [0.5, 0.6) is 0 Å². The second-order valence-corrected chi connectivity index (χ2v) is 6.68. The van der Waals surface area contributed by atoms with Gasteiger partial charge in [0, 0.05) is 21.9 Å². The van der Waals surface area contributed by atoms with E-state index in [0.717, 1.165) is 11.0 Å². The van der Waals surface area contributed by atoms with E-state index < -0.39 is 0 Å². The molecule has 102 valence electrons. The molecule has 0 fully saturated rings. The molecule has 0 aliphatic carbocycles. The van der Waals surface area contributed by atoms with E-state index in [-0.39, 0.29) is 18.0 Å². The van der Waals surface area contributed by atoms with E-state index in [0.29, 0.717) is 5.92 Å². The lowest BCUT2D eigenvalue weighted by molar-refractivity contribution is -0.123. The highest BCUT2D eigenvalue weighted by Gasteiger charge is 2.18. The molecule has 0 saturated carbocycles. The maximum absolute atomic E-state index is 11.9. The molecule has 2 unspecified atom stereocenters. The largest absolute Gasteiger partial charge is 0.354 e. The third-order valence-corrected chi connectivity index (χ3v) is 4.67. The van der Waals surface area contributed by atoms with Gasteiger partial charge in [0.25, 0.3) is 0 Å². The van der Waals surface area contributed by atoms with E-state index in [1.807, 2.05) is 18.4 Å².